The van der Waals surface area contributed by atoms with Crippen molar-refractivity contribution in [3.05, 3.63) is 28.2 Å². The number of nitrogens with one attached hydrogen (secondary N) is 1. The predicted octanol–water partition coefficient (Wildman–Crippen LogP) is 2.67. The summed E-state index contributed by atoms with van der Waals surface area (Å²) >= 11 is 12.0. The number of sulfonamides is 1. The number of benzene rings is 1. The number of nitrogens with zero attached hydrogens (tertiary/aromatic N) is 1. The number of piperidine rings is 1. The fourth-order valence-corrected chi connectivity index (χ4v) is 5.27. The lowest BCUT2D eigenvalue weighted by Crippen LogP contribution is -2.47. The lowest BCUT2D eigenvalue weighted by atomic mass is 10.1. The average Bonchev–Trinajstić information content (AvgIpc) is 3.31. The van der Waals surface area contributed by atoms with E-state index in [0.717, 1.165) is 12.8 Å². The molecular weight excluding hydrogens is 359 g/mol. The molecule has 1 amide bonds. The summed E-state index contributed by atoms with van der Waals surface area (Å²) in [6.45, 7) is 1.16. The van der Waals surface area contributed by atoms with Gasteiger partial charge in [-0.1, -0.05) is 29.3 Å². The molecule has 126 valence electrons. The zero-order valence-corrected chi connectivity index (χ0v) is 14.8. The van der Waals surface area contributed by atoms with Crippen molar-refractivity contribution in [2.45, 2.75) is 36.6 Å². The Morgan fingerprint density at radius 1 is 1.09 bits per heavy atom. The first-order valence-corrected chi connectivity index (χ1v) is 9.87. The van der Waals surface area contributed by atoms with Crippen molar-refractivity contribution in [2.24, 2.45) is 5.92 Å². The van der Waals surface area contributed by atoms with Crippen molar-refractivity contribution < 1.29 is 13.2 Å². The number of halogens is 2. The monoisotopic (exact) mass is 376 g/mol. The fraction of sp³-hybridized carbons (Fsp3) is 0.533. The topological polar surface area (TPSA) is 66.5 Å². The molecular formula is C15H18Cl2N2O3S. The molecule has 1 aliphatic carbocycles. The average molecular weight is 377 g/mol. The maximum absolute atomic E-state index is 12.5. The van der Waals surface area contributed by atoms with Crippen LogP contribution in [0.3, 0.4) is 0 Å². The van der Waals surface area contributed by atoms with Crippen LogP contribution in [0.1, 0.15) is 25.7 Å². The predicted molar refractivity (Wildman–Crippen MR) is 89.1 cm³/mol. The SMILES string of the molecule is O=C(C1CC1)N1CCC(NS(=O)(=O)c2c(Cl)cccc2Cl)CC1. The first-order valence-electron chi connectivity index (χ1n) is 7.63. The molecule has 0 aromatic heterocycles. The van der Waals surface area contributed by atoms with Crippen LogP contribution in [0.15, 0.2) is 23.1 Å². The molecule has 1 aromatic carbocycles. The van der Waals surface area contributed by atoms with Crippen LogP contribution in [-0.4, -0.2) is 38.4 Å². The fourth-order valence-electron chi connectivity index (χ4n) is 2.82. The maximum Gasteiger partial charge on any atom is 0.243 e. The minimum absolute atomic E-state index is 0.0835. The van der Waals surface area contributed by atoms with E-state index in [1.54, 1.807) is 6.07 Å². The third kappa shape index (κ3) is 3.82. The molecule has 3 rings (SSSR count). The number of rotatable bonds is 4. The molecule has 8 heteroatoms. The molecule has 0 bridgehead atoms. The van der Waals surface area contributed by atoms with Gasteiger partial charge in [-0.2, -0.15) is 0 Å². The Hall–Kier alpha value is -0.820. The van der Waals surface area contributed by atoms with Crippen LogP contribution in [0, 0.1) is 5.92 Å². The van der Waals surface area contributed by atoms with Crippen LogP contribution >= 0.6 is 23.2 Å². The molecule has 5 nitrogen and oxygen atoms in total. The molecule has 1 heterocycles. The molecule has 1 saturated carbocycles. The normalized spacial score (nSPS) is 19.8. The quantitative estimate of drug-likeness (QED) is 0.878. The molecule has 1 aromatic rings. The van der Waals surface area contributed by atoms with E-state index < -0.39 is 10.0 Å². The summed E-state index contributed by atoms with van der Waals surface area (Å²) in [5.74, 6) is 0.408. The van der Waals surface area contributed by atoms with Gasteiger partial charge in [-0.3, -0.25) is 4.79 Å². The van der Waals surface area contributed by atoms with Crippen molar-refractivity contribution >= 4 is 39.1 Å². The summed E-state index contributed by atoms with van der Waals surface area (Å²) < 4.78 is 27.7. The smallest absolute Gasteiger partial charge is 0.243 e. The summed E-state index contributed by atoms with van der Waals surface area (Å²) in [7, 11) is -3.78. The molecule has 0 spiro atoms. The summed E-state index contributed by atoms with van der Waals surface area (Å²) in [6.07, 6.45) is 3.16. The van der Waals surface area contributed by atoms with Gasteiger partial charge < -0.3 is 4.90 Å². The van der Waals surface area contributed by atoms with Crippen LogP contribution in [0.2, 0.25) is 10.0 Å². The third-order valence-corrected chi connectivity index (χ3v) is 6.72. The highest BCUT2D eigenvalue weighted by molar-refractivity contribution is 7.89. The van der Waals surface area contributed by atoms with Crippen molar-refractivity contribution in [3.8, 4) is 0 Å². The Labute approximate surface area is 146 Å². The van der Waals surface area contributed by atoms with Gasteiger partial charge >= 0.3 is 0 Å². The summed E-state index contributed by atoms with van der Waals surface area (Å²) in [5.41, 5.74) is 0. The number of amides is 1. The van der Waals surface area contributed by atoms with Gasteiger partial charge in [0, 0.05) is 25.0 Å². The maximum atomic E-state index is 12.5. The molecule has 1 N–H and O–H groups in total. The number of hydrogen-bond donors (Lipinski definition) is 1. The van der Waals surface area contributed by atoms with E-state index in [9.17, 15) is 13.2 Å². The second kappa shape index (κ2) is 6.59. The first kappa shape index (κ1) is 17.0. The molecule has 0 radical (unpaired) electrons. The second-order valence-corrected chi connectivity index (χ2v) is 8.51. The van der Waals surface area contributed by atoms with Crippen LogP contribution < -0.4 is 4.72 Å². The molecule has 2 aliphatic rings. The Bertz CT molecular complexity index is 691. The van der Waals surface area contributed by atoms with Crippen LogP contribution in [-0.2, 0) is 14.8 Å². The van der Waals surface area contributed by atoms with Gasteiger partial charge in [0.1, 0.15) is 4.90 Å². The number of hydrogen-bond acceptors (Lipinski definition) is 3. The molecule has 0 unspecified atom stereocenters. The van der Waals surface area contributed by atoms with Gasteiger partial charge in [0.2, 0.25) is 15.9 Å². The Morgan fingerprint density at radius 3 is 2.17 bits per heavy atom. The van der Waals surface area contributed by atoms with E-state index in [0.29, 0.717) is 25.9 Å². The zero-order chi connectivity index (χ0) is 16.6. The Morgan fingerprint density at radius 2 is 1.65 bits per heavy atom. The van der Waals surface area contributed by atoms with Crippen molar-refractivity contribution in [2.75, 3.05) is 13.1 Å². The molecule has 1 saturated heterocycles. The van der Waals surface area contributed by atoms with E-state index in [1.807, 2.05) is 4.90 Å². The van der Waals surface area contributed by atoms with Crippen molar-refractivity contribution in [1.29, 1.82) is 0 Å². The lowest BCUT2D eigenvalue weighted by Gasteiger charge is -2.32. The summed E-state index contributed by atoms with van der Waals surface area (Å²) in [5, 5.41) is 0.206. The lowest BCUT2D eigenvalue weighted by molar-refractivity contribution is -0.133. The van der Waals surface area contributed by atoms with E-state index >= 15 is 0 Å². The minimum Gasteiger partial charge on any atom is -0.342 e. The molecule has 2 fully saturated rings. The minimum atomic E-state index is -3.78. The third-order valence-electron chi connectivity index (χ3n) is 4.24. The number of carbonyl (C=O) groups excluding carboxylic acids is 1. The highest BCUT2D eigenvalue weighted by atomic mass is 35.5. The van der Waals surface area contributed by atoms with E-state index in [1.165, 1.54) is 12.1 Å². The second-order valence-electron chi connectivity index (χ2n) is 6.05. The van der Waals surface area contributed by atoms with E-state index in [4.69, 9.17) is 23.2 Å². The largest absolute Gasteiger partial charge is 0.342 e. The van der Waals surface area contributed by atoms with Gasteiger partial charge in [0.25, 0.3) is 0 Å². The van der Waals surface area contributed by atoms with Gasteiger partial charge in [-0.25, -0.2) is 13.1 Å². The zero-order valence-electron chi connectivity index (χ0n) is 12.5. The Kier molecular flexibility index (Phi) is 4.88. The van der Waals surface area contributed by atoms with Crippen LogP contribution in [0.4, 0.5) is 0 Å². The van der Waals surface area contributed by atoms with Gasteiger partial charge in [0.05, 0.1) is 10.0 Å². The summed E-state index contributed by atoms with van der Waals surface area (Å²) in [6, 6.07) is 4.39. The summed E-state index contributed by atoms with van der Waals surface area (Å²) in [4.78, 5) is 13.8. The van der Waals surface area contributed by atoms with E-state index in [2.05, 4.69) is 4.72 Å². The highest BCUT2D eigenvalue weighted by Gasteiger charge is 2.35. The number of carbonyl (C=O) groups is 1. The van der Waals surface area contributed by atoms with Gasteiger partial charge in [-0.15, -0.1) is 0 Å². The standard InChI is InChI=1S/C15H18Cl2N2O3S/c16-12-2-1-3-13(17)14(12)23(21,22)18-11-6-8-19(9-7-11)15(20)10-4-5-10/h1-3,10-11,18H,4-9H2. The number of likely N-dealkylation sites (tertiary alicyclic amines) is 1. The molecule has 0 atom stereocenters. The Balaban J connectivity index is 1.64. The van der Waals surface area contributed by atoms with E-state index in [-0.39, 0.29) is 32.8 Å². The van der Waals surface area contributed by atoms with Crippen molar-refractivity contribution in [1.82, 2.24) is 9.62 Å². The first-order chi connectivity index (χ1) is 10.9. The van der Waals surface area contributed by atoms with Gasteiger partial charge in [-0.05, 0) is 37.8 Å². The van der Waals surface area contributed by atoms with Crippen LogP contribution in [0.5, 0.6) is 0 Å². The highest BCUT2D eigenvalue weighted by Crippen LogP contribution is 2.32. The van der Waals surface area contributed by atoms with Gasteiger partial charge in [0.15, 0.2) is 0 Å². The molecule has 23 heavy (non-hydrogen) atoms. The molecule has 1 aliphatic heterocycles. The van der Waals surface area contributed by atoms with Crippen LogP contribution in [0.25, 0.3) is 0 Å². The van der Waals surface area contributed by atoms with Crippen molar-refractivity contribution in [3.63, 3.8) is 0 Å².